The zero-order chi connectivity index (χ0) is 15.5. The molecule has 2 rings (SSSR count). The van der Waals surface area contributed by atoms with Gasteiger partial charge in [0.2, 0.25) is 5.88 Å². The minimum atomic E-state index is -0.685. The van der Waals surface area contributed by atoms with Crippen LogP contribution in [0.4, 0.5) is 0 Å². The minimum Gasteiger partial charge on any atom is -0.481 e. The molecule has 1 aromatic heterocycles. The summed E-state index contributed by atoms with van der Waals surface area (Å²) >= 11 is 0. The molecule has 0 spiro atoms. The molecule has 0 aliphatic heterocycles. The van der Waals surface area contributed by atoms with E-state index < -0.39 is 11.4 Å². The standard InChI is InChI=1S/C17H25NO3/c1-12(2)13-6-8-17(9-7-13,16(19)20)11-14-5-4-10-18-15(14)21-3/h4-5,10,12-13H,6-9,11H2,1-3H3,(H,19,20). The third-order valence-electron chi connectivity index (χ3n) is 4.96. The maximum absolute atomic E-state index is 11.9. The van der Waals surface area contributed by atoms with Crippen molar-refractivity contribution in [1.82, 2.24) is 4.98 Å². The number of aliphatic carboxylic acids is 1. The molecule has 0 saturated heterocycles. The molecule has 0 unspecified atom stereocenters. The number of carbonyl (C=O) groups is 1. The number of pyridine rings is 1. The van der Waals surface area contributed by atoms with Crippen LogP contribution in [0.1, 0.15) is 45.1 Å². The molecule has 1 heterocycles. The molecule has 0 amide bonds. The molecule has 1 saturated carbocycles. The first kappa shape index (κ1) is 15.8. The van der Waals surface area contributed by atoms with Gasteiger partial charge in [0.1, 0.15) is 0 Å². The van der Waals surface area contributed by atoms with Crippen LogP contribution in [0.5, 0.6) is 5.88 Å². The second-order valence-corrected chi connectivity index (χ2v) is 6.52. The van der Waals surface area contributed by atoms with Crippen LogP contribution in [0, 0.1) is 17.3 Å². The molecule has 0 atom stereocenters. The summed E-state index contributed by atoms with van der Waals surface area (Å²) in [7, 11) is 1.58. The highest BCUT2D eigenvalue weighted by Gasteiger charge is 2.43. The van der Waals surface area contributed by atoms with Gasteiger partial charge in [0.15, 0.2) is 0 Å². The summed E-state index contributed by atoms with van der Waals surface area (Å²) in [5, 5.41) is 9.78. The van der Waals surface area contributed by atoms with E-state index in [1.807, 2.05) is 12.1 Å². The van der Waals surface area contributed by atoms with Crippen LogP contribution in [0.15, 0.2) is 18.3 Å². The highest BCUT2D eigenvalue weighted by Crippen LogP contribution is 2.44. The maximum atomic E-state index is 11.9. The van der Waals surface area contributed by atoms with Gasteiger partial charge in [-0.05, 0) is 50.0 Å². The Morgan fingerprint density at radius 2 is 2.14 bits per heavy atom. The van der Waals surface area contributed by atoms with Crippen molar-refractivity contribution in [3.05, 3.63) is 23.9 Å². The van der Waals surface area contributed by atoms with E-state index in [2.05, 4.69) is 18.8 Å². The SMILES string of the molecule is COc1ncccc1CC1(C(=O)O)CCC(C(C)C)CC1. The molecule has 1 aromatic rings. The van der Waals surface area contributed by atoms with Crippen molar-refractivity contribution in [2.45, 2.75) is 46.0 Å². The Hall–Kier alpha value is -1.58. The second-order valence-electron chi connectivity index (χ2n) is 6.52. The monoisotopic (exact) mass is 291 g/mol. The topological polar surface area (TPSA) is 59.4 Å². The van der Waals surface area contributed by atoms with E-state index in [9.17, 15) is 9.90 Å². The van der Waals surface area contributed by atoms with Gasteiger partial charge in [0.05, 0.1) is 12.5 Å². The number of rotatable bonds is 5. The fourth-order valence-electron chi connectivity index (χ4n) is 3.43. The molecule has 1 fully saturated rings. The van der Waals surface area contributed by atoms with Crippen LogP contribution >= 0.6 is 0 Å². The van der Waals surface area contributed by atoms with Crippen molar-refractivity contribution in [3.8, 4) is 5.88 Å². The van der Waals surface area contributed by atoms with Gasteiger partial charge in [0, 0.05) is 11.8 Å². The Morgan fingerprint density at radius 1 is 1.48 bits per heavy atom. The van der Waals surface area contributed by atoms with Crippen LogP contribution < -0.4 is 4.74 Å². The lowest BCUT2D eigenvalue weighted by Crippen LogP contribution is -2.38. The van der Waals surface area contributed by atoms with Gasteiger partial charge in [-0.25, -0.2) is 4.98 Å². The maximum Gasteiger partial charge on any atom is 0.309 e. The number of aromatic nitrogens is 1. The third-order valence-corrected chi connectivity index (χ3v) is 4.96. The van der Waals surface area contributed by atoms with Gasteiger partial charge < -0.3 is 9.84 Å². The number of ether oxygens (including phenoxy) is 1. The second kappa shape index (κ2) is 6.46. The average molecular weight is 291 g/mol. The van der Waals surface area contributed by atoms with Gasteiger partial charge in [-0.3, -0.25) is 4.79 Å². The Labute approximate surface area is 126 Å². The van der Waals surface area contributed by atoms with E-state index in [0.29, 0.717) is 24.1 Å². The highest BCUT2D eigenvalue weighted by atomic mass is 16.5. The van der Waals surface area contributed by atoms with Gasteiger partial charge >= 0.3 is 5.97 Å². The Balaban J connectivity index is 2.19. The molecule has 4 heteroatoms. The summed E-state index contributed by atoms with van der Waals surface area (Å²) < 4.78 is 5.27. The van der Waals surface area contributed by atoms with Gasteiger partial charge in [-0.15, -0.1) is 0 Å². The molecule has 0 aromatic carbocycles. The van der Waals surface area contributed by atoms with Crippen LogP contribution in [-0.2, 0) is 11.2 Å². The average Bonchev–Trinajstić information content (AvgIpc) is 2.48. The van der Waals surface area contributed by atoms with Crippen molar-refractivity contribution in [1.29, 1.82) is 0 Å². The lowest BCUT2D eigenvalue weighted by atomic mass is 9.65. The van der Waals surface area contributed by atoms with Crippen molar-refractivity contribution < 1.29 is 14.6 Å². The molecule has 1 aliphatic rings. The number of nitrogens with zero attached hydrogens (tertiary/aromatic N) is 1. The predicted molar refractivity (Wildman–Crippen MR) is 81.4 cm³/mol. The zero-order valence-electron chi connectivity index (χ0n) is 13.1. The molecule has 4 nitrogen and oxygen atoms in total. The van der Waals surface area contributed by atoms with Gasteiger partial charge in [-0.1, -0.05) is 19.9 Å². The summed E-state index contributed by atoms with van der Waals surface area (Å²) in [5.41, 5.74) is 0.229. The van der Waals surface area contributed by atoms with Crippen LogP contribution in [0.3, 0.4) is 0 Å². The Bertz CT molecular complexity index is 491. The van der Waals surface area contributed by atoms with Crippen molar-refractivity contribution in [2.75, 3.05) is 7.11 Å². The smallest absolute Gasteiger partial charge is 0.309 e. The summed E-state index contributed by atoms with van der Waals surface area (Å²) in [5.74, 6) is 1.14. The number of methoxy groups -OCH3 is 1. The van der Waals surface area contributed by atoms with E-state index in [0.717, 1.165) is 31.2 Å². The number of carboxylic acid groups (broad SMARTS) is 1. The molecule has 116 valence electrons. The lowest BCUT2D eigenvalue weighted by Gasteiger charge is -2.38. The van der Waals surface area contributed by atoms with E-state index in [4.69, 9.17) is 4.74 Å². The summed E-state index contributed by atoms with van der Waals surface area (Å²) in [4.78, 5) is 16.1. The molecule has 0 radical (unpaired) electrons. The normalized spacial score (nSPS) is 25.8. The van der Waals surface area contributed by atoms with Crippen LogP contribution in [0.25, 0.3) is 0 Å². The minimum absolute atomic E-state index is 0.504. The van der Waals surface area contributed by atoms with Crippen LogP contribution in [0.2, 0.25) is 0 Å². The summed E-state index contributed by atoms with van der Waals surface area (Å²) in [6, 6.07) is 3.76. The third kappa shape index (κ3) is 3.36. The molecule has 0 bridgehead atoms. The predicted octanol–water partition coefficient (Wildman–Crippen LogP) is 3.55. The highest BCUT2D eigenvalue weighted by molar-refractivity contribution is 5.75. The van der Waals surface area contributed by atoms with Crippen molar-refractivity contribution in [2.24, 2.45) is 17.3 Å². The first-order chi connectivity index (χ1) is 9.98. The number of hydrogen-bond acceptors (Lipinski definition) is 3. The van der Waals surface area contributed by atoms with E-state index in [-0.39, 0.29) is 0 Å². The van der Waals surface area contributed by atoms with Gasteiger partial charge in [-0.2, -0.15) is 0 Å². The Morgan fingerprint density at radius 3 is 2.67 bits per heavy atom. The molecular formula is C17H25NO3. The first-order valence-electron chi connectivity index (χ1n) is 7.70. The largest absolute Gasteiger partial charge is 0.481 e. The quantitative estimate of drug-likeness (QED) is 0.901. The molecule has 1 aliphatic carbocycles. The van der Waals surface area contributed by atoms with Crippen LogP contribution in [-0.4, -0.2) is 23.2 Å². The van der Waals surface area contributed by atoms with Crippen molar-refractivity contribution in [3.63, 3.8) is 0 Å². The Kier molecular flexibility index (Phi) is 4.86. The first-order valence-corrected chi connectivity index (χ1v) is 7.70. The van der Waals surface area contributed by atoms with E-state index in [1.165, 1.54) is 0 Å². The fourth-order valence-corrected chi connectivity index (χ4v) is 3.43. The number of hydrogen-bond donors (Lipinski definition) is 1. The zero-order valence-corrected chi connectivity index (χ0v) is 13.1. The van der Waals surface area contributed by atoms with Crippen molar-refractivity contribution >= 4 is 5.97 Å². The van der Waals surface area contributed by atoms with E-state index in [1.54, 1.807) is 13.3 Å². The number of carboxylic acids is 1. The summed E-state index contributed by atoms with van der Waals surface area (Å²) in [6.45, 7) is 4.45. The fraction of sp³-hybridized carbons (Fsp3) is 0.647. The lowest BCUT2D eigenvalue weighted by molar-refractivity contribution is -0.151. The summed E-state index contributed by atoms with van der Waals surface area (Å²) in [6.07, 6.45) is 5.64. The van der Waals surface area contributed by atoms with E-state index >= 15 is 0 Å². The molecule has 21 heavy (non-hydrogen) atoms. The molecule has 1 N–H and O–H groups in total. The molecular weight excluding hydrogens is 266 g/mol. The van der Waals surface area contributed by atoms with Gasteiger partial charge in [0.25, 0.3) is 0 Å².